The molecule has 1 unspecified atom stereocenters. The van der Waals surface area contributed by atoms with Crippen LogP contribution in [-0.2, 0) is 4.79 Å². The number of nitrogens with one attached hydrogen (secondary N) is 1. The number of benzene rings is 1. The van der Waals surface area contributed by atoms with Crippen molar-refractivity contribution in [2.24, 2.45) is 0 Å². The number of amides is 1. The summed E-state index contributed by atoms with van der Waals surface area (Å²) >= 11 is 0. The van der Waals surface area contributed by atoms with E-state index in [1.807, 2.05) is 19.1 Å². The van der Waals surface area contributed by atoms with Gasteiger partial charge in [-0.2, -0.15) is 0 Å². The summed E-state index contributed by atoms with van der Waals surface area (Å²) in [5, 5.41) is 3.07. The number of methoxy groups -OCH3 is 2. The predicted octanol–water partition coefficient (Wildman–Crippen LogP) is 2.76. The summed E-state index contributed by atoms with van der Waals surface area (Å²) in [6, 6.07) is 6.20. The smallest absolute Gasteiger partial charge is 0.220 e. The summed E-state index contributed by atoms with van der Waals surface area (Å²) in [5.41, 5.74) is 1.15. The molecule has 1 aromatic rings. The molecule has 5 heteroatoms. The minimum Gasteiger partial charge on any atom is -0.493 e. The van der Waals surface area contributed by atoms with Crippen molar-refractivity contribution in [2.45, 2.75) is 38.6 Å². The lowest BCUT2D eigenvalue weighted by atomic mass is 10.0. The van der Waals surface area contributed by atoms with Gasteiger partial charge < -0.3 is 14.8 Å². The molecule has 1 amide bonds. The van der Waals surface area contributed by atoms with Gasteiger partial charge in [-0.1, -0.05) is 13.0 Å². The second-order valence-corrected chi connectivity index (χ2v) is 5.93. The van der Waals surface area contributed by atoms with Crippen LogP contribution in [0.25, 0.3) is 0 Å². The zero-order valence-electron chi connectivity index (χ0n) is 14.4. The molecule has 128 valence electrons. The van der Waals surface area contributed by atoms with Gasteiger partial charge in [0, 0.05) is 13.0 Å². The molecule has 0 bridgehead atoms. The van der Waals surface area contributed by atoms with Gasteiger partial charge in [0.25, 0.3) is 0 Å². The van der Waals surface area contributed by atoms with E-state index < -0.39 is 0 Å². The molecule has 5 nitrogen and oxygen atoms in total. The highest BCUT2D eigenvalue weighted by Crippen LogP contribution is 2.33. The average Bonchev–Trinajstić information content (AvgIpc) is 3.09. The summed E-state index contributed by atoms with van der Waals surface area (Å²) in [6.07, 6.45) is 3.88. The quantitative estimate of drug-likeness (QED) is 0.800. The lowest BCUT2D eigenvalue weighted by Gasteiger charge is -2.28. The third-order valence-electron chi connectivity index (χ3n) is 4.34. The maximum atomic E-state index is 11.8. The standard InChI is InChI=1S/C18H28N2O3/c1-4-7-18(21)19-13-15(20-10-5-6-11-20)14-8-9-16(22-2)17(12-14)23-3/h8-9,12,15H,4-7,10-11,13H2,1-3H3,(H,19,21). The van der Waals surface area contributed by atoms with E-state index in [0.29, 0.717) is 13.0 Å². The van der Waals surface area contributed by atoms with E-state index in [0.717, 1.165) is 36.6 Å². The Labute approximate surface area is 139 Å². The van der Waals surface area contributed by atoms with Gasteiger partial charge in [0.15, 0.2) is 11.5 Å². The molecule has 1 N–H and O–H groups in total. The van der Waals surface area contributed by atoms with Crippen LogP contribution in [0.5, 0.6) is 11.5 Å². The Bertz CT molecular complexity index is 513. The minimum atomic E-state index is 0.122. The van der Waals surface area contributed by atoms with Crippen molar-refractivity contribution in [3.63, 3.8) is 0 Å². The van der Waals surface area contributed by atoms with E-state index in [2.05, 4.69) is 16.3 Å². The monoisotopic (exact) mass is 320 g/mol. The van der Waals surface area contributed by atoms with E-state index in [-0.39, 0.29) is 11.9 Å². The molecule has 1 aliphatic heterocycles. The normalized spacial score (nSPS) is 16.1. The number of carbonyl (C=O) groups excluding carboxylic acids is 1. The molecular weight excluding hydrogens is 292 g/mol. The van der Waals surface area contributed by atoms with E-state index in [4.69, 9.17) is 9.47 Å². The van der Waals surface area contributed by atoms with Crippen molar-refractivity contribution in [3.05, 3.63) is 23.8 Å². The summed E-state index contributed by atoms with van der Waals surface area (Å²) in [4.78, 5) is 14.3. The Hall–Kier alpha value is -1.75. The number of nitrogens with zero attached hydrogens (tertiary/aromatic N) is 1. The van der Waals surface area contributed by atoms with Crippen LogP contribution in [0.1, 0.15) is 44.2 Å². The number of hydrogen-bond acceptors (Lipinski definition) is 4. The first-order valence-corrected chi connectivity index (χ1v) is 8.42. The molecule has 0 radical (unpaired) electrons. The van der Waals surface area contributed by atoms with Crippen molar-refractivity contribution < 1.29 is 14.3 Å². The first-order chi connectivity index (χ1) is 11.2. The van der Waals surface area contributed by atoms with Gasteiger partial charge in [-0.15, -0.1) is 0 Å². The van der Waals surface area contributed by atoms with Gasteiger partial charge in [-0.25, -0.2) is 0 Å². The highest BCUT2D eigenvalue weighted by Gasteiger charge is 2.24. The summed E-state index contributed by atoms with van der Waals surface area (Å²) < 4.78 is 10.7. The van der Waals surface area contributed by atoms with Crippen LogP contribution in [0.3, 0.4) is 0 Å². The van der Waals surface area contributed by atoms with E-state index in [9.17, 15) is 4.79 Å². The Morgan fingerprint density at radius 2 is 1.91 bits per heavy atom. The van der Waals surface area contributed by atoms with Crippen LogP contribution in [0.4, 0.5) is 0 Å². The molecule has 1 atom stereocenters. The molecule has 0 saturated carbocycles. The van der Waals surface area contributed by atoms with Crippen molar-refractivity contribution in [1.82, 2.24) is 10.2 Å². The molecule has 0 spiro atoms. The Kier molecular flexibility index (Phi) is 6.71. The second kappa shape index (κ2) is 8.77. The average molecular weight is 320 g/mol. The third-order valence-corrected chi connectivity index (χ3v) is 4.34. The highest BCUT2D eigenvalue weighted by molar-refractivity contribution is 5.75. The zero-order valence-corrected chi connectivity index (χ0v) is 14.4. The molecular formula is C18H28N2O3. The summed E-state index contributed by atoms with van der Waals surface area (Å²) in [6.45, 7) is 4.80. The van der Waals surface area contributed by atoms with Crippen LogP contribution in [0.2, 0.25) is 0 Å². The first kappa shape index (κ1) is 17.6. The number of ether oxygens (including phenoxy) is 2. The number of rotatable bonds is 8. The lowest BCUT2D eigenvalue weighted by Crippen LogP contribution is -2.36. The van der Waals surface area contributed by atoms with Crippen LogP contribution in [0.15, 0.2) is 18.2 Å². The predicted molar refractivity (Wildman–Crippen MR) is 91.0 cm³/mol. The lowest BCUT2D eigenvalue weighted by molar-refractivity contribution is -0.121. The topological polar surface area (TPSA) is 50.8 Å². The molecule has 23 heavy (non-hydrogen) atoms. The van der Waals surface area contributed by atoms with Crippen LogP contribution >= 0.6 is 0 Å². The van der Waals surface area contributed by atoms with Crippen molar-refractivity contribution in [2.75, 3.05) is 33.9 Å². The van der Waals surface area contributed by atoms with Crippen LogP contribution < -0.4 is 14.8 Å². The van der Waals surface area contributed by atoms with Gasteiger partial charge in [-0.05, 0) is 50.0 Å². The molecule has 1 heterocycles. The molecule has 1 fully saturated rings. The number of likely N-dealkylation sites (tertiary alicyclic amines) is 1. The van der Waals surface area contributed by atoms with Crippen molar-refractivity contribution in [1.29, 1.82) is 0 Å². The maximum Gasteiger partial charge on any atom is 0.220 e. The van der Waals surface area contributed by atoms with Gasteiger partial charge >= 0.3 is 0 Å². The van der Waals surface area contributed by atoms with E-state index in [1.54, 1.807) is 14.2 Å². The molecule has 2 rings (SSSR count). The van der Waals surface area contributed by atoms with E-state index >= 15 is 0 Å². The number of hydrogen-bond donors (Lipinski definition) is 1. The molecule has 1 saturated heterocycles. The third kappa shape index (κ3) is 4.61. The van der Waals surface area contributed by atoms with Crippen molar-refractivity contribution >= 4 is 5.91 Å². The van der Waals surface area contributed by atoms with E-state index in [1.165, 1.54) is 12.8 Å². The largest absolute Gasteiger partial charge is 0.493 e. The van der Waals surface area contributed by atoms with Crippen LogP contribution in [-0.4, -0.2) is 44.7 Å². The molecule has 1 aliphatic rings. The molecule has 1 aromatic carbocycles. The van der Waals surface area contributed by atoms with Gasteiger partial charge in [0.1, 0.15) is 0 Å². The fourth-order valence-electron chi connectivity index (χ4n) is 3.10. The number of carbonyl (C=O) groups is 1. The molecule has 0 aromatic heterocycles. The van der Waals surface area contributed by atoms with Crippen molar-refractivity contribution in [3.8, 4) is 11.5 Å². The molecule has 0 aliphatic carbocycles. The van der Waals surface area contributed by atoms with Gasteiger partial charge in [0.2, 0.25) is 5.91 Å². The Morgan fingerprint density at radius 3 is 2.52 bits per heavy atom. The van der Waals surface area contributed by atoms with Gasteiger partial charge in [-0.3, -0.25) is 9.69 Å². The Balaban J connectivity index is 2.17. The fraction of sp³-hybridized carbons (Fsp3) is 0.611. The summed E-state index contributed by atoms with van der Waals surface area (Å²) in [5.74, 6) is 1.58. The highest BCUT2D eigenvalue weighted by atomic mass is 16.5. The summed E-state index contributed by atoms with van der Waals surface area (Å²) in [7, 11) is 3.29. The van der Waals surface area contributed by atoms with Crippen LogP contribution in [0, 0.1) is 0 Å². The fourth-order valence-corrected chi connectivity index (χ4v) is 3.10. The maximum absolute atomic E-state index is 11.8. The minimum absolute atomic E-state index is 0.122. The Morgan fingerprint density at radius 1 is 1.22 bits per heavy atom. The van der Waals surface area contributed by atoms with Gasteiger partial charge in [0.05, 0.1) is 20.3 Å². The first-order valence-electron chi connectivity index (χ1n) is 8.42. The zero-order chi connectivity index (χ0) is 16.7. The second-order valence-electron chi connectivity index (χ2n) is 5.93. The SMILES string of the molecule is CCCC(=O)NCC(c1ccc(OC)c(OC)c1)N1CCCC1.